The largest absolute Gasteiger partial charge is 0.347 e. The van der Waals surface area contributed by atoms with Gasteiger partial charge < -0.3 is 14.8 Å². The molecule has 0 radical (unpaired) electrons. The van der Waals surface area contributed by atoms with E-state index < -0.39 is 0 Å². The van der Waals surface area contributed by atoms with E-state index in [9.17, 15) is 4.79 Å². The van der Waals surface area contributed by atoms with Crippen LogP contribution in [0.25, 0.3) is 0 Å². The maximum absolute atomic E-state index is 11.5. The third kappa shape index (κ3) is 2.97. The minimum atomic E-state index is 0.0724. The number of amides is 1. The van der Waals surface area contributed by atoms with Gasteiger partial charge in [0.25, 0.3) is 0 Å². The zero-order valence-electron chi connectivity index (χ0n) is 9.53. The van der Waals surface area contributed by atoms with Crippen LogP contribution in [0.3, 0.4) is 0 Å². The summed E-state index contributed by atoms with van der Waals surface area (Å²) in [6.45, 7) is 5.85. The lowest BCUT2D eigenvalue weighted by Gasteiger charge is -2.15. The molecule has 0 spiro atoms. The number of carbonyl (C=O) groups excluding carboxylic acids is 1. The number of aromatic nitrogens is 2. The Hall–Kier alpha value is -1.52. The van der Waals surface area contributed by atoms with E-state index in [1.165, 1.54) is 0 Å². The lowest BCUT2D eigenvalue weighted by atomic mass is 10.5. The average molecular weight is 210 g/mol. The molecule has 1 amide bonds. The van der Waals surface area contributed by atoms with Gasteiger partial charge in [0.2, 0.25) is 11.9 Å². The van der Waals surface area contributed by atoms with Crippen molar-refractivity contribution in [3.8, 4) is 0 Å². The first-order valence-electron chi connectivity index (χ1n) is 5.18. The Bertz CT molecular complexity index is 321. The van der Waals surface area contributed by atoms with E-state index in [2.05, 4.69) is 10.3 Å². The SMILES string of the molecule is CCN(C)C(=O)CNc1nccn1CC. The molecule has 1 aromatic heterocycles. The molecule has 0 saturated heterocycles. The van der Waals surface area contributed by atoms with Gasteiger partial charge in [-0.05, 0) is 13.8 Å². The van der Waals surface area contributed by atoms with Crippen LogP contribution >= 0.6 is 0 Å². The molecule has 15 heavy (non-hydrogen) atoms. The Balaban J connectivity index is 2.47. The molecule has 1 heterocycles. The minimum absolute atomic E-state index is 0.0724. The molecule has 0 aromatic carbocycles. The molecule has 0 fully saturated rings. The summed E-state index contributed by atoms with van der Waals surface area (Å²) >= 11 is 0. The van der Waals surface area contributed by atoms with Gasteiger partial charge in [0.1, 0.15) is 0 Å². The summed E-state index contributed by atoms with van der Waals surface area (Å²) in [6.07, 6.45) is 3.61. The molecular weight excluding hydrogens is 192 g/mol. The van der Waals surface area contributed by atoms with Gasteiger partial charge in [-0.1, -0.05) is 0 Å². The van der Waals surface area contributed by atoms with Crippen molar-refractivity contribution in [1.29, 1.82) is 0 Å². The molecule has 0 saturated carbocycles. The van der Waals surface area contributed by atoms with Crippen LogP contribution in [0.4, 0.5) is 5.95 Å². The second kappa shape index (κ2) is 5.38. The molecule has 0 aliphatic carbocycles. The van der Waals surface area contributed by atoms with Gasteiger partial charge in [-0.15, -0.1) is 0 Å². The quantitative estimate of drug-likeness (QED) is 0.781. The highest BCUT2D eigenvalue weighted by Gasteiger charge is 2.07. The van der Waals surface area contributed by atoms with E-state index in [0.717, 1.165) is 19.0 Å². The van der Waals surface area contributed by atoms with Crippen molar-refractivity contribution >= 4 is 11.9 Å². The Morgan fingerprint density at radius 3 is 2.93 bits per heavy atom. The molecule has 84 valence electrons. The number of anilines is 1. The number of aryl methyl sites for hydroxylation is 1. The standard InChI is InChI=1S/C10H18N4O/c1-4-13(3)9(15)8-12-10-11-6-7-14(10)5-2/h6-7H,4-5,8H2,1-3H3,(H,11,12). The van der Waals surface area contributed by atoms with Crippen LogP contribution in [0.5, 0.6) is 0 Å². The van der Waals surface area contributed by atoms with E-state index in [1.54, 1.807) is 18.1 Å². The van der Waals surface area contributed by atoms with Gasteiger partial charge in [0, 0.05) is 32.5 Å². The molecule has 0 atom stereocenters. The Labute approximate surface area is 90.1 Å². The van der Waals surface area contributed by atoms with Crippen LogP contribution in [-0.4, -0.2) is 40.5 Å². The van der Waals surface area contributed by atoms with Crippen molar-refractivity contribution in [2.45, 2.75) is 20.4 Å². The number of nitrogens with zero attached hydrogens (tertiary/aromatic N) is 3. The fourth-order valence-electron chi connectivity index (χ4n) is 1.20. The van der Waals surface area contributed by atoms with Crippen LogP contribution in [0, 0.1) is 0 Å². The molecule has 0 aliphatic heterocycles. The van der Waals surface area contributed by atoms with Gasteiger partial charge in [-0.2, -0.15) is 0 Å². The molecule has 5 heteroatoms. The van der Waals surface area contributed by atoms with Crippen molar-refractivity contribution in [3.63, 3.8) is 0 Å². The van der Waals surface area contributed by atoms with Crippen molar-refractivity contribution in [1.82, 2.24) is 14.5 Å². The lowest BCUT2D eigenvalue weighted by molar-refractivity contribution is -0.127. The average Bonchev–Trinajstić information content (AvgIpc) is 2.71. The monoisotopic (exact) mass is 210 g/mol. The highest BCUT2D eigenvalue weighted by Crippen LogP contribution is 2.02. The Morgan fingerprint density at radius 1 is 1.60 bits per heavy atom. The summed E-state index contributed by atoms with van der Waals surface area (Å²) in [5, 5.41) is 3.02. The third-order valence-corrected chi connectivity index (χ3v) is 2.35. The van der Waals surface area contributed by atoms with Gasteiger partial charge in [-0.3, -0.25) is 4.79 Å². The smallest absolute Gasteiger partial charge is 0.241 e. The van der Waals surface area contributed by atoms with Crippen LogP contribution < -0.4 is 5.32 Å². The highest BCUT2D eigenvalue weighted by molar-refractivity contribution is 5.80. The summed E-state index contributed by atoms with van der Waals surface area (Å²) in [5.41, 5.74) is 0. The summed E-state index contributed by atoms with van der Waals surface area (Å²) in [6, 6.07) is 0. The van der Waals surface area contributed by atoms with Crippen molar-refractivity contribution in [2.75, 3.05) is 25.5 Å². The molecule has 1 rings (SSSR count). The summed E-state index contributed by atoms with van der Waals surface area (Å²) < 4.78 is 1.96. The number of rotatable bonds is 5. The second-order valence-electron chi connectivity index (χ2n) is 3.30. The Morgan fingerprint density at radius 2 is 2.33 bits per heavy atom. The first-order chi connectivity index (χ1) is 7.19. The van der Waals surface area contributed by atoms with Crippen molar-refractivity contribution in [3.05, 3.63) is 12.4 Å². The maximum atomic E-state index is 11.5. The van der Waals surface area contributed by atoms with Crippen LogP contribution in [0.15, 0.2) is 12.4 Å². The van der Waals surface area contributed by atoms with Crippen LogP contribution in [0.1, 0.15) is 13.8 Å². The number of nitrogens with one attached hydrogen (secondary N) is 1. The highest BCUT2D eigenvalue weighted by atomic mass is 16.2. The second-order valence-corrected chi connectivity index (χ2v) is 3.30. The van der Waals surface area contributed by atoms with E-state index in [4.69, 9.17) is 0 Å². The minimum Gasteiger partial charge on any atom is -0.347 e. The third-order valence-electron chi connectivity index (χ3n) is 2.35. The first kappa shape index (κ1) is 11.6. The predicted octanol–water partition coefficient (Wildman–Crippen LogP) is 0.793. The zero-order chi connectivity index (χ0) is 11.3. The first-order valence-corrected chi connectivity index (χ1v) is 5.18. The molecule has 0 unspecified atom stereocenters. The van der Waals surface area contributed by atoms with Crippen molar-refractivity contribution < 1.29 is 4.79 Å². The van der Waals surface area contributed by atoms with E-state index in [0.29, 0.717) is 6.54 Å². The number of carbonyl (C=O) groups is 1. The Kier molecular flexibility index (Phi) is 4.15. The predicted molar refractivity (Wildman–Crippen MR) is 59.7 cm³/mol. The van der Waals surface area contributed by atoms with E-state index in [1.807, 2.05) is 24.6 Å². The molecule has 1 N–H and O–H groups in total. The lowest BCUT2D eigenvalue weighted by Crippen LogP contribution is -2.32. The molecule has 5 nitrogen and oxygen atoms in total. The van der Waals surface area contributed by atoms with Gasteiger partial charge >= 0.3 is 0 Å². The number of likely N-dealkylation sites (N-methyl/N-ethyl adjacent to an activating group) is 1. The van der Waals surface area contributed by atoms with Crippen LogP contribution in [0.2, 0.25) is 0 Å². The number of hydrogen-bond acceptors (Lipinski definition) is 3. The number of imidazole rings is 1. The fraction of sp³-hybridized carbons (Fsp3) is 0.600. The van der Waals surface area contributed by atoms with Gasteiger partial charge in [-0.25, -0.2) is 4.98 Å². The fourth-order valence-corrected chi connectivity index (χ4v) is 1.20. The molecule has 1 aromatic rings. The summed E-state index contributed by atoms with van der Waals surface area (Å²) in [5.74, 6) is 0.818. The molecule has 0 aliphatic rings. The normalized spacial score (nSPS) is 10.1. The van der Waals surface area contributed by atoms with Gasteiger partial charge in [0.05, 0.1) is 6.54 Å². The summed E-state index contributed by atoms with van der Waals surface area (Å²) in [4.78, 5) is 17.3. The van der Waals surface area contributed by atoms with Crippen molar-refractivity contribution in [2.24, 2.45) is 0 Å². The zero-order valence-corrected chi connectivity index (χ0v) is 9.53. The maximum Gasteiger partial charge on any atom is 0.241 e. The van der Waals surface area contributed by atoms with E-state index in [-0.39, 0.29) is 5.91 Å². The molecule has 0 bridgehead atoms. The summed E-state index contributed by atoms with van der Waals surface area (Å²) in [7, 11) is 1.79. The van der Waals surface area contributed by atoms with Gasteiger partial charge in [0.15, 0.2) is 0 Å². The number of hydrogen-bond donors (Lipinski definition) is 1. The molecular formula is C10H18N4O. The van der Waals surface area contributed by atoms with Crippen LogP contribution in [-0.2, 0) is 11.3 Å². The topological polar surface area (TPSA) is 50.2 Å². The van der Waals surface area contributed by atoms with E-state index >= 15 is 0 Å².